The van der Waals surface area contributed by atoms with E-state index in [2.05, 4.69) is 59.1 Å². The number of esters is 1. The van der Waals surface area contributed by atoms with Crippen LogP contribution in [0.25, 0.3) is 0 Å². The molecule has 1 unspecified atom stereocenters. The molecule has 1 aromatic rings. The first-order valence-electron chi connectivity index (χ1n) is 22.4. The van der Waals surface area contributed by atoms with Crippen LogP contribution in [0.2, 0.25) is 0 Å². The van der Waals surface area contributed by atoms with Crippen LogP contribution in [-0.2, 0) is 23.9 Å². The lowest BCUT2D eigenvalue weighted by Crippen LogP contribution is -2.68. The van der Waals surface area contributed by atoms with Crippen molar-refractivity contribution in [3.05, 3.63) is 46.5 Å². The average Bonchev–Trinajstić information content (AvgIpc) is 3.85. The standard InChI is InChI=1S/C49H68N2O7/c1-27(2)37-33(52)26-49(51-42(57)48(23-24-48)50-39(53)29-13-11-28(3)12-14-29)22-21-46(9)30(38(37)49)15-16-35-45(8)19-18-36(44(6,7)34(45)17-20-47(35,46)10)58-41(56)32-25-31(40(54)55)43(32,4)5/h11-14,27,30-32,34-36H,15-26H2,1-10H3,(H,50,53)(H,51,57)(H,54,55)/t30-,31+,32-,34?,35-,36+,45+,46-,47-,49-/m1/s1. The smallest absolute Gasteiger partial charge is 0.309 e. The van der Waals surface area contributed by atoms with Crippen LogP contribution >= 0.6 is 0 Å². The summed E-state index contributed by atoms with van der Waals surface area (Å²) in [6.07, 6.45) is 9.05. The summed E-state index contributed by atoms with van der Waals surface area (Å²) in [5.41, 5.74) is 1.09. The van der Waals surface area contributed by atoms with Gasteiger partial charge in [0.25, 0.3) is 5.91 Å². The number of carbonyl (C=O) groups is 5. The number of rotatable bonds is 8. The highest BCUT2D eigenvalue weighted by Crippen LogP contribution is 2.76. The van der Waals surface area contributed by atoms with E-state index < -0.39 is 34.3 Å². The third-order valence-corrected chi connectivity index (χ3v) is 18.7. The van der Waals surface area contributed by atoms with Gasteiger partial charge in [0.1, 0.15) is 11.6 Å². The molecule has 6 fully saturated rings. The van der Waals surface area contributed by atoms with E-state index in [4.69, 9.17) is 4.74 Å². The van der Waals surface area contributed by atoms with E-state index in [1.807, 2.05) is 32.9 Å². The van der Waals surface area contributed by atoms with Gasteiger partial charge in [-0.1, -0.05) is 80.0 Å². The van der Waals surface area contributed by atoms with Crippen molar-refractivity contribution in [2.24, 2.45) is 62.6 Å². The van der Waals surface area contributed by atoms with Gasteiger partial charge >= 0.3 is 11.9 Å². The minimum Gasteiger partial charge on any atom is -0.481 e. The van der Waals surface area contributed by atoms with Crippen LogP contribution < -0.4 is 10.6 Å². The highest BCUT2D eigenvalue weighted by Gasteiger charge is 2.71. The molecule has 9 nitrogen and oxygen atoms in total. The van der Waals surface area contributed by atoms with Gasteiger partial charge in [-0.3, -0.25) is 24.0 Å². The molecule has 2 amide bonds. The Morgan fingerprint density at radius 2 is 1.43 bits per heavy atom. The molecular formula is C49H68N2O7. The first kappa shape index (κ1) is 41.3. The largest absolute Gasteiger partial charge is 0.481 e. The second kappa shape index (κ2) is 13.3. The van der Waals surface area contributed by atoms with E-state index in [1.165, 1.54) is 5.57 Å². The lowest BCUT2D eigenvalue weighted by atomic mass is 9.33. The van der Waals surface area contributed by atoms with E-state index in [1.54, 1.807) is 12.1 Å². The number of allylic oxidation sites excluding steroid dienone is 1. The molecular weight excluding hydrogens is 729 g/mol. The van der Waals surface area contributed by atoms with E-state index in [-0.39, 0.29) is 63.2 Å². The molecule has 8 rings (SSSR count). The molecule has 1 aromatic carbocycles. The first-order chi connectivity index (χ1) is 27.0. The molecule has 0 bridgehead atoms. The second-order valence-corrected chi connectivity index (χ2v) is 22.4. The minimum atomic E-state index is -0.961. The number of Topliss-reactive ketones (excluding diaryl/α,β-unsaturated/α-hetero) is 1. The zero-order valence-corrected chi connectivity index (χ0v) is 36.7. The predicted molar refractivity (Wildman–Crippen MR) is 221 cm³/mol. The number of carbonyl (C=O) groups excluding carboxylic acids is 4. The number of aliphatic carboxylic acids is 1. The summed E-state index contributed by atoms with van der Waals surface area (Å²) in [7, 11) is 0. The van der Waals surface area contributed by atoms with Gasteiger partial charge in [-0.25, -0.2) is 0 Å². The number of fused-ring (bicyclic) bond motifs is 7. The fraction of sp³-hybridized carbons (Fsp3) is 0.735. The van der Waals surface area contributed by atoms with Gasteiger partial charge in [0.15, 0.2) is 5.78 Å². The number of ether oxygens (including phenoxy) is 1. The van der Waals surface area contributed by atoms with E-state index in [0.29, 0.717) is 49.5 Å². The van der Waals surface area contributed by atoms with E-state index >= 15 is 0 Å². The maximum Gasteiger partial charge on any atom is 0.309 e. The number of carboxylic acid groups (broad SMARTS) is 1. The molecule has 58 heavy (non-hydrogen) atoms. The molecule has 0 saturated heterocycles. The number of carboxylic acids is 1. The maximum absolute atomic E-state index is 14.4. The van der Waals surface area contributed by atoms with E-state index in [9.17, 15) is 29.1 Å². The molecule has 0 heterocycles. The molecule has 9 heteroatoms. The summed E-state index contributed by atoms with van der Waals surface area (Å²) in [5, 5.41) is 16.3. The number of hydrogen-bond donors (Lipinski definition) is 3. The summed E-state index contributed by atoms with van der Waals surface area (Å²) >= 11 is 0. The molecule has 3 N–H and O–H groups in total. The van der Waals surface area contributed by atoms with Crippen molar-refractivity contribution < 1.29 is 33.8 Å². The summed E-state index contributed by atoms with van der Waals surface area (Å²) in [6, 6.07) is 7.41. The van der Waals surface area contributed by atoms with Gasteiger partial charge in [-0.2, -0.15) is 0 Å². The summed E-state index contributed by atoms with van der Waals surface area (Å²) in [4.78, 5) is 67.4. The number of hydrogen-bond acceptors (Lipinski definition) is 6. The minimum absolute atomic E-state index is 0.000811. The van der Waals surface area contributed by atoms with Crippen LogP contribution in [0.5, 0.6) is 0 Å². The van der Waals surface area contributed by atoms with Crippen LogP contribution in [0.3, 0.4) is 0 Å². The van der Waals surface area contributed by atoms with Crippen LogP contribution in [0.1, 0.15) is 155 Å². The summed E-state index contributed by atoms with van der Waals surface area (Å²) < 4.78 is 6.42. The summed E-state index contributed by atoms with van der Waals surface area (Å²) in [5.74, 6) is -1.25. The Labute approximate surface area is 345 Å². The van der Waals surface area contributed by atoms with Crippen LogP contribution in [0.4, 0.5) is 0 Å². The van der Waals surface area contributed by atoms with Crippen molar-refractivity contribution in [3.8, 4) is 0 Å². The molecule has 7 aliphatic rings. The van der Waals surface area contributed by atoms with E-state index in [0.717, 1.165) is 56.1 Å². The fourth-order valence-corrected chi connectivity index (χ4v) is 14.8. The first-order valence-corrected chi connectivity index (χ1v) is 22.4. The zero-order chi connectivity index (χ0) is 42.2. The molecule has 316 valence electrons. The topological polar surface area (TPSA) is 139 Å². The Balaban J connectivity index is 1.04. The average molecular weight is 797 g/mol. The van der Waals surface area contributed by atoms with Gasteiger partial charge in [-0.05, 0) is 146 Å². The van der Waals surface area contributed by atoms with Crippen molar-refractivity contribution in [1.82, 2.24) is 10.6 Å². The normalized spacial score (nSPS) is 40.2. The Morgan fingerprint density at radius 3 is 2.03 bits per heavy atom. The predicted octanol–water partition coefficient (Wildman–Crippen LogP) is 8.77. The second-order valence-electron chi connectivity index (χ2n) is 22.4. The lowest BCUT2D eigenvalue weighted by Gasteiger charge is -2.72. The van der Waals surface area contributed by atoms with Crippen molar-refractivity contribution in [2.75, 3.05) is 0 Å². The monoisotopic (exact) mass is 797 g/mol. The van der Waals surface area contributed by atoms with Crippen LogP contribution in [0.15, 0.2) is 35.4 Å². The number of amides is 2. The van der Waals surface area contributed by atoms with Crippen molar-refractivity contribution in [3.63, 3.8) is 0 Å². The van der Waals surface area contributed by atoms with Gasteiger partial charge < -0.3 is 20.5 Å². The van der Waals surface area contributed by atoms with Crippen molar-refractivity contribution in [2.45, 2.75) is 163 Å². The molecule has 0 radical (unpaired) electrons. The Bertz CT molecular complexity index is 1970. The Hall–Kier alpha value is -3.49. The Morgan fingerprint density at radius 1 is 0.759 bits per heavy atom. The molecule has 0 aromatic heterocycles. The van der Waals surface area contributed by atoms with Gasteiger partial charge in [0.05, 0.1) is 17.4 Å². The van der Waals surface area contributed by atoms with Crippen molar-refractivity contribution in [1.29, 1.82) is 0 Å². The molecule has 7 aliphatic carbocycles. The van der Waals surface area contributed by atoms with Gasteiger partial charge in [0, 0.05) is 17.4 Å². The highest BCUT2D eigenvalue weighted by molar-refractivity contribution is 6.04. The highest BCUT2D eigenvalue weighted by atomic mass is 16.5. The van der Waals surface area contributed by atoms with Crippen LogP contribution in [-0.4, -0.2) is 51.8 Å². The zero-order valence-electron chi connectivity index (χ0n) is 36.7. The van der Waals surface area contributed by atoms with Crippen LogP contribution in [0, 0.1) is 69.5 Å². The SMILES string of the molecule is Cc1ccc(C(=O)NC2(C(=O)N[C@@]34CC[C@]5(C)[C@H](CC[C@@H]6[C@@]7(C)CC[C@H](OC(=O)[C@H]8C[C@@H](C(=O)O)C8(C)C)C(C)(C)C7CC[C@]65C)C3=C(C(C)C)C(=O)C4)CC2)cc1. The number of benzene rings is 1. The van der Waals surface area contributed by atoms with Gasteiger partial charge in [-0.15, -0.1) is 0 Å². The molecule has 0 spiro atoms. The fourth-order valence-electron chi connectivity index (χ4n) is 14.8. The third kappa shape index (κ3) is 5.76. The molecule has 10 atom stereocenters. The number of aryl methyl sites for hydroxylation is 1. The summed E-state index contributed by atoms with van der Waals surface area (Å²) in [6.45, 7) is 22.1. The molecule has 6 saturated carbocycles. The number of ketones is 1. The van der Waals surface area contributed by atoms with Crippen molar-refractivity contribution >= 4 is 29.5 Å². The molecule has 0 aliphatic heterocycles. The quantitative estimate of drug-likeness (QED) is 0.224. The Kier molecular flexibility index (Phi) is 9.43. The van der Waals surface area contributed by atoms with Gasteiger partial charge in [0.2, 0.25) is 5.91 Å². The number of nitrogens with one attached hydrogen (secondary N) is 2. The lowest BCUT2D eigenvalue weighted by molar-refractivity contribution is -0.235. The maximum atomic E-state index is 14.4. The third-order valence-electron chi connectivity index (χ3n) is 18.7.